The van der Waals surface area contributed by atoms with Gasteiger partial charge in [-0.2, -0.15) is 0 Å². The van der Waals surface area contributed by atoms with Crippen molar-refractivity contribution in [1.82, 2.24) is 0 Å². The lowest BCUT2D eigenvalue weighted by Crippen LogP contribution is -1.95. The quantitative estimate of drug-likeness (QED) is 0.814. The minimum atomic E-state index is -0.448. The Hall–Kier alpha value is -1.33. The first kappa shape index (κ1) is 10.2. The van der Waals surface area contributed by atoms with Crippen molar-refractivity contribution in [3.05, 3.63) is 44.3 Å². The molecule has 0 aromatic carbocycles. The number of hydrogen-bond donors (Lipinski definition) is 1. The minimum Gasteiger partial charge on any atom is -0.264 e. The molecule has 0 spiro atoms. The fourth-order valence-electron chi connectivity index (χ4n) is 1.31. The second-order valence-corrected chi connectivity index (χ2v) is 4.90. The Kier molecular flexibility index (Phi) is 3.03. The molecule has 2 heterocycles. The molecule has 0 saturated heterocycles. The first-order valence-corrected chi connectivity index (χ1v) is 6.07. The van der Waals surface area contributed by atoms with E-state index >= 15 is 0 Å². The van der Waals surface area contributed by atoms with Gasteiger partial charge in [-0.05, 0) is 28.5 Å². The maximum atomic E-state index is 11.3. The molecule has 2 rings (SSSR count). The van der Waals surface area contributed by atoms with Crippen LogP contribution in [0.5, 0.6) is 0 Å². The lowest BCUT2D eigenvalue weighted by Gasteiger charge is -1.97. The molecule has 0 aliphatic rings. The van der Waals surface area contributed by atoms with Gasteiger partial charge in [-0.25, -0.2) is 5.53 Å². The Morgan fingerprint density at radius 3 is 2.87 bits per heavy atom. The highest BCUT2D eigenvalue weighted by molar-refractivity contribution is 7.12. The molecule has 0 fully saturated rings. The van der Waals surface area contributed by atoms with Crippen LogP contribution in [0.25, 0.3) is 0 Å². The summed E-state index contributed by atoms with van der Waals surface area (Å²) in [6.45, 7) is 0. The predicted octanol–water partition coefficient (Wildman–Crippen LogP) is 3.57. The van der Waals surface area contributed by atoms with E-state index in [9.17, 15) is 4.79 Å². The molecule has 1 N–H and O–H groups in total. The molecule has 76 valence electrons. The first-order valence-electron chi connectivity index (χ1n) is 4.32. The number of thiophene rings is 2. The summed E-state index contributed by atoms with van der Waals surface area (Å²) in [6.07, 6.45) is 0.748. The fraction of sp³-hybridized carbons (Fsp3) is 0.100. The molecule has 0 aliphatic carbocycles. The van der Waals surface area contributed by atoms with Gasteiger partial charge in [0.25, 0.3) is 0 Å². The topological polar surface area (TPSA) is 53.3 Å². The highest BCUT2D eigenvalue weighted by Gasteiger charge is 2.12. The Morgan fingerprint density at radius 2 is 2.20 bits per heavy atom. The molecule has 0 radical (unpaired) electrons. The molecular formula is C10H8N2OS2. The van der Waals surface area contributed by atoms with Crippen LogP contribution in [0, 0.1) is 5.53 Å². The minimum absolute atomic E-state index is 0.448. The zero-order valence-corrected chi connectivity index (χ0v) is 9.40. The predicted molar refractivity (Wildman–Crippen MR) is 60.9 cm³/mol. The van der Waals surface area contributed by atoms with Crippen molar-refractivity contribution in [3.63, 3.8) is 0 Å². The second kappa shape index (κ2) is 4.46. The number of nitrogens with one attached hydrogen (secondary N) is 1. The summed E-state index contributed by atoms with van der Waals surface area (Å²) in [7, 11) is 0. The highest BCUT2D eigenvalue weighted by Crippen LogP contribution is 2.23. The van der Waals surface area contributed by atoms with Gasteiger partial charge >= 0.3 is 5.91 Å². The lowest BCUT2D eigenvalue weighted by molar-refractivity contribution is 0.0994. The van der Waals surface area contributed by atoms with E-state index in [0.29, 0.717) is 4.88 Å². The summed E-state index contributed by atoms with van der Waals surface area (Å²) in [5.41, 5.74) is 7.68. The van der Waals surface area contributed by atoms with Crippen LogP contribution in [0.1, 0.15) is 20.1 Å². The maximum Gasteiger partial charge on any atom is 0.305 e. The molecule has 0 saturated carbocycles. The SMILES string of the molecule is N=NC(=O)c1sccc1Cc1cccs1. The Bertz CT molecular complexity index is 473. The van der Waals surface area contributed by atoms with Gasteiger partial charge in [0, 0.05) is 11.3 Å². The first-order chi connectivity index (χ1) is 7.31. The van der Waals surface area contributed by atoms with Crippen molar-refractivity contribution in [2.24, 2.45) is 5.11 Å². The molecule has 2 aromatic heterocycles. The van der Waals surface area contributed by atoms with E-state index in [1.807, 2.05) is 29.0 Å². The van der Waals surface area contributed by atoms with E-state index in [4.69, 9.17) is 5.53 Å². The van der Waals surface area contributed by atoms with Crippen LogP contribution in [-0.2, 0) is 6.42 Å². The smallest absolute Gasteiger partial charge is 0.264 e. The number of carbonyl (C=O) groups excluding carboxylic acids is 1. The fourth-order valence-corrected chi connectivity index (χ4v) is 2.85. The highest BCUT2D eigenvalue weighted by atomic mass is 32.1. The van der Waals surface area contributed by atoms with Gasteiger partial charge < -0.3 is 0 Å². The monoisotopic (exact) mass is 236 g/mol. The van der Waals surface area contributed by atoms with Gasteiger partial charge in [0.1, 0.15) is 0 Å². The van der Waals surface area contributed by atoms with Crippen LogP contribution < -0.4 is 0 Å². The van der Waals surface area contributed by atoms with Crippen molar-refractivity contribution >= 4 is 28.6 Å². The van der Waals surface area contributed by atoms with Gasteiger partial charge in [0.2, 0.25) is 0 Å². The molecule has 0 atom stereocenters. The van der Waals surface area contributed by atoms with Crippen molar-refractivity contribution in [3.8, 4) is 0 Å². The molecule has 0 unspecified atom stereocenters. The standard InChI is InChI=1S/C10H8N2OS2/c11-12-10(13)9-7(3-5-15-9)6-8-2-1-4-14-8/h1-5,11H,6H2. The summed E-state index contributed by atoms with van der Waals surface area (Å²) in [5.74, 6) is -0.448. The van der Waals surface area contributed by atoms with E-state index in [2.05, 4.69) is 5.11 Å². The summed E-state index contributed by atoms with van der Waals surface area (Å²) in [4.78, 5) is 13.1. The summed E-state index contributed by atoms with van der Waals surface area (Å²) >= 11 is 3.01. The van der Waals surface area contributed by atoms with E-state index in [1.165, 1.54) is 16.2 Å². The number of rotatable bonds is 3. The lowest BCUT2D eigenvalue weighted by atomic mass is 10.1. The molecule has 5 heteroatoms. The van der Waals surface area contributed by atoms with E-state index in [0.717, 1.165) is 12.0 Å². The Balaban J connectivity index is 2.25. The van der Waals surface area contributed by atoms with E-state index < -0.39 is 5.91 Å². The molecule has 2 aromatic rings. The van der Waals surface area contributed by atoms with E-state index in [1.54, 1.807) is 11.3 Å². The molecular weight excluding hydrogens is 228 g/mol. The van der Waals surface area contributed by atoms with Crippen LogP contribution >= 0.6 is 22.7 Å². The molecule has 0 aliphatic heterocycles. The summed E-state index contributed by atoms with van der Waals surface area (Å²) in [5, 5.41) is 6.82. The van der Waals surface area contributed by atoms with Gasteiger partial charge in [0.15, 0.2) is 0 Å². The molecule has 3 nitrogen and oxygen atoms in total. The number of carbonyl (C=O) groups is 1. The van der Waals surface area contributed by atoms with Crippen LogP contribution in [0.3, 0.4) is 0 Å². The average Bonchev–Trinajstić information content (AvgIpc) is 2.88. The van der Waals surface area contributed by atoms with Crippen molar-refractivity contribution in [1.29, 1.82) is 5.53 Å². The number of amides is 1. The van der Waals surface area contributed by atoms with Gasteiger partial charge in [-0.1, -0.05) is 6.07 Å². The average molecular weight is 236 g/mol. The normalized spacial score (nSPS) is 10.1. The Labute approximate surface area is 94.9 Å². The molecule has 1 amide bonds. The largest absolute Gasteiger partial charge is 0.305 e. The van der Waals surface area contributed by atoms with Crippen molar-refractivity contribution in [2.75, 3.05) is 0 Å². The maximum absolute atomic E-state index is 11.3. The van der Waals surface area contributed by atoms with E-state index in [-0.39, 0.29) is 0 Å². The van der Waals surface area contributed by atoms with Crippen molar-refractivity contribution < 1.29 is 4.79 Å². The van der Waals surface area contributed by atoms with Crippen LogP contribution in [0.15, 0.2) is 34.1 Å². The van der Waals surface area contributed by atoms with Gasteiger partial charge in [-0.3, -0.25) is 4.79 Å². The van der Waals surface area contributed by atoms with Crippen LogP contribution in [-0.4, -0.2) is 5.91 Å². The molecule has 0 bridgehead atoms. The molecule has 15 heavy (non-hydrogen) atoms. The summed E-state index contributed by atoms with van der Waals surface area (Å²) in [6, 6.07) is 5.94. The zero-order chi connectivity index (χ0) is 10.7. The van der Waals surface area contributed by atoms with Crippen molar-refractivity contribution in [2.45, 2.75) is 6.42 Å². The zero-order valence-electron chi connectivity index (χ0n) is 7.77. The van der Waals surface area contributed by atoms with Gasteiger partial charge in [-0.15, -0.1) is 27.8 Å². The summed E-state index contributed by atoms with van der Waals surface area (Å²) < 4.78 is 0. The second-order valence-electron chi connectivity index (χ2n) is 2.95. The van der Waals surface area contributed by atoms with Crippen LogP contribution in [0.4, 0.5) is 0 Å². The number of hydrogen-bond acceptors (Lipinski definition) is 4. The third-order valence-electron chi connectivity index (χ3n) is 1.99. The van der Waals surface area contributed by atoms with Gasteiger partial charge in [0.05, 0.1) is 4.88 Å². The van der Waals surface area contributed by atoms with Crippen LogP contribution in [0.2, 0.25) is 0 Å². The third-order valence-corrected chi connectivity index (χ3v) is 3.81. The Morgan fingerprint density at radius 1 is 1.33 bits per heavy atom. The number of nitrogens with zero attached hydrogens (tertiary/aromatic N) is 1. The third kappa shape index (κ3) is 2.19.